The van der Waals surface area contributed by atoms with Crippen molar-refractivity contribution in [3.05, 3.63) is 29.8 Å². The van der Waals surface area contributed by atoms with Crippen molar-refractivity contribution in [1.82, 2.24) is 4.25 Å². The molecular weight excluding hydrogens is 225 g/mol. The van der Waals surface area contributed by atoms with Crippen LogP contribution in [0, 0.1) is 6.92 Å². The molecule has 0 fully saturated rings. The molecule has 0 heterocycles. The molecule has 0 aliphatic rings. The maximum atomic E-state index is 11.7. The number of nitrogens with zero attached hydrogens (tertiary/aromatic N) is 1. The zero-order valence-electron chi connectivity index (χ0n) is 9.92. The first-order valence-electron chi connectivity index (χ1n) is 5.38. The van der Waals surface area contributed by atoms with Gasteiger partial charge in [-0.25, -0.2) is 8.82 Å². The van der Waals surface area contributed by atoms with Crippen molar-refractivity contribution in [2.45, 2.75) is 20.8 Å². The first-order chi connectivity index (χ1) is 7.39. The largest absolute Gasteiger partial charge is 0.531 e. The summed E-state index contributed by atoms with van der Waals surface area (Å²) in [7, 11) is -4.22. The SMILES string of the molecule is CC[N+](CC)(c1ccccc1C)P(=O)(O)O. The maximum absolute atomic E-state index is 11.7. The van der Waals surface area contributed by atoms with E-state index in [9.17, 15) is 14.4 Å². The Kier molecular flexibility index (Phi) is 3.92. The third kappa shape index (κ3) is 2.06. The average molecular weight is 244 g/mol. The Hall–Kier alpha value is -0.670. The Morgan fingerprint density at radius 1 is 1.19 bits per heavy atom. The molecule has 0 spiro atoms. The number of hydrogen-bond acceptors (Lipinski definition) is 1. The van der Waals surface area contributed by atoms with E-state index in [1.54, 1.807) is 19.9 Å². The molecule has 1 aromatic rings. The summed E-state index contributed by atoms with van der Waals surface area (Å²) in [5.74, 6) is 0. The predicted octanol–water partition coefficient (Wildman–Crippen LogP) is 2.43. The molecule has 90 valence electrons. The summed E-state index contributed by atoms with van der Waals surface area (Å²) >= 11 is 0. The molecule has 0 saturated heterocycles. The van der Waals surface area contributed by atoms with Crippen LogP contribution in [-0.4, -0.2) is 22.9 Å². The van der Waals surface area contributed by atoms with Crippen LogP contribution in [0.1, 0.15) is 19.4 Å². The van der Waals surface area contributed by atoms with Gasteiger partial charge in [0.1, 0.15) is 5.69 Å². The van der Waals surface area contributed by atoms with E-state index in [0.717, 1.165) is 5.56 Å². The van der Waals surface area contributed by atoms with Crippen molar-refractivity contribution in [2.75, 3.05) is 13.1 Å². The molecule has 0 amide bonds. The molecule has 0 aliphatic carbocycles. The van der Waals surface area contributed by atoms with E-state index in [2.05, 4.69) is 0 Å². The molecule has 0 unspecified atom stereocenters. The van der Waals surface area contributed by atoms with E-state index < -0.39 is 7.75 Å². The summed E-state index contributed by atoms with van der Waals surface area (Å²) in [5, 5.41) is 0. The van der Waals surface area contributed by atoms with Gasteiger partial charge in [0, 0.05) is 5.56 Å². The standard InChI is InChI=1S/C11H18NO3P/c1-4-12(5-2,16(13,14)15)11-9-7-6-8-10(11)3/h6-9H,4-5H2,1-3H3,(H-,13,14,15)/p+1. The van der Waals surface area contributed by atoms with Crippen molar-refractivity contribution >= 4 is 13.4 Å². The lowest BCUT2D eigenvalue weighted by molar-refractivity contribution is 0.279. The maximum Gasteiger partial charge on any atom is 0.531 e. The lowest BCUT2D eigenvalue weighted by atomic mass is 10.2. The Morgan fingerprint density at radius 3 is 2.06 bits per heavy atom. The van der Waals surface area contributed by atoms with Crippen LogP contribution in [0.4, 0.5) is 5.69 Å². The smallest absolute Gasteiger partial charge is 0.278 e. The molecule has 0 radical (unpaired) electrons. The molecule has 2 N–H and O–H groups in total. The van der Waals surface area contributed by atoms with Crippen molar-refractivity contribution in [2.24, 2.45) is 0 Å². The third-order valence-corrected chi connectivity index (χ3v) is 4.89. The predicted molar refractivity (Wildman–Crippen MR) is 66.1 cm³/mol. The van der Waals surface area contributed by atoms with E-state index in [-0.39, 0.29) is 4.25 Å². The summed E-state index contributed by atoms with van der Waals surface area (Å²) < 4.78 is 11.5. The van der Waals surface area contributed by atoms with Crippen LogP contribution in [0.2, 0.25) is 0 Å². The molecule has 1 aromatic carbocycles. The normalized spacial score (nSPS) is 12.8. The molecular formula is C11H19NO3P+. The summed E-state index contributed by atoms with van der Waals surface area (Å²) in [6.07, 6.45) is 0. The number of hydrogen-bond donors (Lipinski definition) is 2. The summed E-state index contributed by atoms with van der Waals surface area (Å²) in [5.41, 5.74) is 1.62. The van der Waals surface area contributed by atoms with Gasteiger partial charge in [-0.3, -0.25) is 9.79 Å². The van der Waals surface area contributed by atoms with Gasteiger partial charge in [-0.2, -0.15) is 0 Å². The zero-order chi connectivity index (χ0) is 12.4. The second-order valence-electron chi connectivity index (χ2n) is 3.85. The van der Waals surface area contributed by atoms with Crippen molar-refractivity contribution in [1.29, 1.82) is 0 Å². The van der Waals surface area contributed by atoms with Gasteiger partial charge in [0.2, 0.25) is 0 Å². The van der Waals surface area contributed by atoms with Gasteiger partial charge in [-0.15, -0.1) is 0 Å². The topological polar surface area (TPSA) is 57.5 Å². The van der Waals surface area contributed by atoms with Crippen LogP contribution in [0.25, 0.3) is 0 Å². The van der Waals surface area contributed by atoms with Gasteiger partial charge in [-0.05, 0) is 26.8 Å². The Morgan fingerprint density at radius 2 is 1.69 bits per heavy atom. The van der Waals surface area contributed by atoms with Crippen LogP contribution < -0.4 is 4.25 Å². The van der Waals surface area contributed by atoms with Gasteiger partial charge in [0.15, 0.2) is 0 Å². The Balaban J connectivity index is 3.45. The zero-order valence-corrected chi connectivity index (χ0v) is 10.8. The van der Waals surface area contributed by atoms with E-state index in [4.69, 9.17) is 0 Å². The highest BCUT2D eigenvalue weighted by Gasteiger charge is 2.46. The Labute approximate surface area is 96.3 Å². The van der Waals surface area contributed by atoms with Crippen molar-refractivity contribution in [3.8, 4) is 0 Å². The first-order valence-corrected chi connectivity index (χ1v) is 6.95. The lowest BCUT2D eigenvalue weighted by Crippen LogP contribution is -2.45. The molecule has 0 bridgehead atoms. The minimum Gasteiger partial charge on any atom is -0.278 e. The average Bonchev–Trinajstić information content (AvgIpc) is 2.21. The van der Waals surface area contributed by atoms with E-state index in [0.29, 0.717) is 18.8 Å². The summed E-state index contributed by atoms with van der Waals surface area (Å²) in [4.78, 5) is 19.2. The van der Waals surface area contributed by atoms with Crippen LogP contribution in [0.15, 0.2) is 24.3 Å². The van der Waals surface area contributed by atoms with Gasteiger partial charge in [0.25, 0.3) is 0 Å². The molecule has 1 rings (SSSR count). The number of benzene rings is 1. The number of quaternary nitrogens is 1. The quantitative estimate of drug-likeness (QED) is 0.800. The highest BCUT2D eigenvalue weighted by Crippen LogP contribution is 2.52. The fraction of sp³-hybridized carbons (Fsp3) is 0.455. The number of para-hydroxylation sites is 1. The van der Waals surface area contributed by atoms with Gasteiger partial charge in [-0.1, -0.05) is 18.2 Å². The van der Waals surface area contributed by atoms with Gasteiger partial charge in [0.05, 0.1) is 13.1 Å². The second kappa shape index (κ2) is 4.68. The molecule has 4 nitrogen and oxygen atoms in total. The molecule has 0 saturated carbocycles. The molecule has 0 atom stereocenters. The number of aryl methyl sites for hydroxylation is 1. The summed E-state index contributed by atoms with van der Waals surface area (Å²) in [6, 6.07) is 7.36. The van der Waals surface area contributed by atoms with E-state index >= 15 is 0 Å². The third-order valence-electron chi connectivity index (χ3n) is 3.11. The highest BCUT2D eigenvalue weighted by molar-refractivity contribution is 7.51. The molecule has 0 aromatic heterocycles. The van der Waals surface area contributed by atoms with Gasteiger partial charge >= 0.3 is 7.75 Å². The molecule has 16 heavy (non-hydrogen) atoms. The van der Waals surface area contributed by atoms with Crippen LogP contribution in [0.3, 0.4) is 0 Å². The fourth-order valence-corrected chi connectivity index (χ4v) is 3.35. The first kappa shape index (κ1) is 13.4. The second-order valence-corrected chi connectivity index (χ2v) is 5.65. The molecule has 5 heteroatoms. The van der Waals surface area contributed by atoms with Crippen molar-refractivity contribution < 1.29 is 14.4 Å². The van der Waals surface area contributed by atoms with Crippen molar-refractivity contribution in [3.63, 3.8) is 0 Å². The minimum atomic E-state index is -4.22. The Bertz CT molecular complexity index is 409. The van der Waals surface area contributed by atoms with Crippen LogP contribution in [-0.2, 0) is 4.57 Å². The number of rotatable bonds is 4. The highest BCUT2D eigenvalue weighted by atomic mass is 31.2. The lowest BCUT2D eigenvalue weighted by Gasteiger charge is -2.36. The summed E-state index contributed by atoms with van der Waals surface area (Å²) in [6.45, 7) is 6.24. The van der Waals surface area contributed by atoms with Crippen LogP contribution in [0.5, 0.6) is 0 Å². The van der Waals surface area contributed by atoms with Crippen LogP contribution >= 0.6 is 7.75 Å². The molecule has 0 aliphatic heterocycles. The minimum absolute atomic E-state index is 0.278. The van der Waals surface area contributed by atoms with E-state index in [1.165, 1.54) is 0 Å². The van der Waals surface area contributed by atoms with Gasteiger partial charge < -0.3 is 0 Å². The van der Waals surface area contributed by atoms with E-state index in [1.807, 2.05) is 25.1 Å². The monoisotopic (exact) mass is 244 g/mol. The fourth-order valence-electron chi connectivity index (χ4n) is 2.10.